The summed E-state index contributed by atoms with van der Waals surface area (Å²) in [4.78, 5) is 28.4. The second kappa shape index (κ2) is 8.80. The lowest BCUT2D eigenvalue weighted by Crippen LogP contribution is -2.38. The molecule has 0 spiro atoms. The van der Waals surface area contributed by atoms with Crippen LogP contribution in [-0.2, 0) is 9.59 Å². The first kappa shape index (κ1) is 16.8. The molecule has 2 N–H and O–H groups in total. The van der Waals surface area contributed by atoms with Crippen molar-refractivity contribution >= 4 is 23.6 Å². The van der Waals surface area contributed by atoms with Crippen molar-refractivity contribution in [3.63, 3.8) is 0 Å². The van der Waals surface area contributed by atoms with Gasteiger partial charge in [-0.2, -0.15) is 0 Å². The third-order valence-electron chi connectivity index (χ3n) is 3.65. The Morgan fingerprint density at radius 2 is 1.86 bits per heavy atom. The van der Waals surface area contributed by atoms with Gasteiger partial charge in [0.15, 0.2) is 0 Å². The zero-order valence-corrected chi connectivity index (χ0v) is 13.6. The molecule has 2 amide bonds. The molecule has 2 rings (SSSR count). The highest BCUT2D eigenvalue weighted by Crippen LogP contribution is 2.18. The highest BCUT2D eigenvalue weighted by atomic mass is 32.2. The number of hydrogen-bond donors (Lipinski definition) is 1. The minimum atomic E-state index is -0.306. The van der Waals surface area contributed by atoms with E-state index in [1.54, 1.807) is 11.8 Å². The van der Waals surface area contributed by atoms with Gasteiger partial charge >= 0.3 is 0 Å². The molecule has 22 heavy (non-hydrogen) atoms. The normalized spacial score (nSPS) is 16.3. The average molecular weight is 321 g/mol. The van der Waals surface area contributed by atoms with Crippen molar-refractivity contribution < 1.29 is 9.59 Å². The van der Waals surface area contributed by atoms with E-state index in [0.29, 0.717) is 13.0 Å². The highest BCUT2D eigenvalue weighted by Gasteiger charge is 2.19. The Hall–Kier alpha value is -1.53. The van der Waals surface area contributed by atoms with Gasteiger partial charge in [-0.3, -0.25) is 14.5 Å². The molecule has 1 saturated heterocycles. The minimum absolute atomic E-state index is 0.198. The Morgan fingerprint density at radius 3 is 2.59 bits per heavy atom. The van der Waals surface area contributed by atoms with Crippen molar-refractivity contribution in [1.82, 2.24) is 9.80 Å². The van der Waals surface area contributed by atoms with Gasteiger partial charge in [0.2, 0.25) is 11.8 Å². The van der Waals surface area contributed by atoms with Crippen LogP contribution < -0.4 is 5.73 Å². The molecule has 1 aromatic rings. The van der Waals surface area contributed by atoms with E-state index < -0.39 is 0 Å². The van der Waals surface area contributed by atoms with Gasteiger partial charge < -0.3 is 10.6 Å². The number of nitrogens with two attached hydrogens (primary N) is 1. The van der Waals surface area contributed by atoms with Crippen LogP contribution in [-0.4, -0.2) is 60.1 Å². The van der Waals surface area contributed by atoms with Gasteiger partial charge in [0, 0.05) is 43.2 Å². The highest BCUT2D eigenvalue weighted by molar-refractivity contribution is 7.99. The Kier molecular flexibility index (Phi) is 6.74. The van der Waals surface area contributed by atoms with Gasteiger partial charge in [-0.25, -0.2) is 0 Å². The molecule has 1 aliphatic rings. The van der Waals surface area contributed by atoms with E-state index >= 15 is 0 Å². The first-order valence-corrected chi connectivity index (χ1v) is 8.60. The van der Waals surface area contributed by atoms with Gasteiger partial charge in [-0.15, -0.1) is 11.8 Å². The molecule has 1 aromatic carbocycles. The lowest BCUT2D eigenvalue weighted by molar-refractivity contribution is -0.130. The van der Waals surface area contributed by atoms with E-state index in [-0.39, 0.29) is 18.4 Å². The van der Waals surface area contributed by atoms with Crippen LogP contribution in [0.1, 0.15) is 12.8 Å². The number of benzene rings is 1. The van der Waals surface area contributed by atoms with Crippen molar-refractivity contribution in [3.05, 3.63) is 30.3 Å². The molecule has 120 valence electrons. The molecule has 0 bridgehead atoms. The van der Waals surface area contributed by atoms with Gasteiger partial charge in [0.05, 0.1) is 6.54 Å². The molecule has 0 aromatic heterocycles. The SMILES string of the molecule is NC(=O)CN1CCCN(C(=O)CCSc2ccccc2)CC1. The lowest BCUT2D eigenvalue weighted by atomic mass is 10.3. The summed E-state index contributed by atoms with van der Waals surface area (Å²) < 4.78 is 0. The number of nitrogens with zero attached hydrogens (tertiary/aromatic N) is 2. The molecule has 1 aliphatic heterocycles. The van der Waals surface area contributed by atoms with E-state index in [1.807, 2.05) is 28.0 Å². The average Bonchev–Trinajstić information content (AvgIpc) is 2.73. The summed E-state index contributed by atoms with van der Waals surface area (Å²) in [5, 5.41) is 0. The van der Waals surface area contributed by atoms with Crippen LogP contribution in [0.3, 0.4) is 0 Å². The third kappa shape index (κ3) is 5.69. The molecule has 6 heteroatoms. The summed E-state index contributed by atoms with van der Waals surface area (Å²) in [5.41, 5.74) is 5.23. The molecular weight excluding hydrogens is 298 g/mol. The van der Waals surface area contributed by atoms with Crippen LogP contribution >= 0.6 is 11.8 Å². The summed E-state index contributed by atoms with van der Waals surface area (Å²) in [7, 11) is 0. The molecule has 1 heterocycles. The molecule has 0 atom stereocenters. The summed E-state index contributed by atoms with van der Waals surface area (Å²) in [6.07, 6.45) is 1.44. The first-order chi connectivity index (χ1) is 10.6. The molecule has 0 aliphatic carbocycles. The third-order valence-corrected chi connectivity index (χ3v) is 4.66. The quantitative estimate of drug-likeness (QED) is 0.799. The molecule has 1 fully saturated rings. The largest absolute Gasteiger partial charge is 0.369 e. The minimum Gasteiger partial charge on any atom is -0.369 e. The molecule has 0 radical (unpaired) electrons. The van der Waals surface area contributed by atoms with Crippen molar-refractivity contribution in [2.24, 2.45) is 5.73 Å². The monoisotopic (exact) mass is 321 g/mol. The molecule has 0 saturated carbocycles. The van der Waals surface area contributed by atoms with Crippen molar-refractivity contribution in [2.45, 2.75) is 17.7 Å². The molecule has 0 unspecified atom stereocenters. The predicted octanol–water partition coefficient (Wildman–Crippen LogP) is 1.19. The fraction of sp³-hybridized carbons (Fsp3) is 0.500. The van der Waals surface area contributed by atoms with Crippen LogP contribution in [0.25, 0.3) is 0 Å². The number of thioether (sulfide) groups is 1. The summed E-state index contributed by atoms with van der Waals surface area (Å²) in [5.74, 6) is 0.688. The number of primary amides is 1. The van der Waals surface area contributed by atoms with Crippen molar-refractivity contribution in [2.75, 3.05) is 38.5 Å². The van der Waals surface area contributed by atoms with E-state index in [1.165, 1.54) is 4.90 Å². The first-order valence-electron chi connectivity index (χ1n) is 7.61. The lowest BCUT2D eigenvalue weighted by Gasteiger charge is -2.21. The maximum absolute atomic E-state index is 12.3. The maximum atomic E-state index is 12.3. The van der Waals surface area contributed by atoms with E-state index in [9.17, 15) is 9.59 Å². The van der Waals surface area contributed by atoms with Crippen LogP contribution in [0.5, 0.6) is 0 Å². The van der Waals surface area contributed by atoms with Crippen LogP contribution in [0.15, 0.2) is 35.2 Å². The second-order valence-corrected chi connectivity index (χ2v) is 6.56. The van der Waals surface area contributed by atoms with Gasteiger partial charge in [0.25, 0.3) is 0 Å². The van der Waals surface area contributed by atoms with Gasteiger partial charge in [-0.1, -0.05) is 18.2 Å². The zero-order chi connectivity index (χ0) is 15.8. The topological polar surface area (TPSA) is 66.6 Å². The van der Waals surface area contributed by atoms with Gasteiger partial charge in [-0.05, 0) is 18.6 Å². The second-order valence-electron chi connectivity index (χ2n) is 5.39. The standard InChI is InChI=1S/C16H23N3O2S/c17-15(20)13-18-8-4-9-19(11-10-18)16(21)7-12-22-14-5-2-1-3-6-14/h1-3,5-6H,4,7-13H2,(H2,17,20). The summed E-state index contributed by atoms with van der Waals surface area (Å²) in [6.45, 7) is 3.28. The van der Waals surface area contributed by atoms with Crippen LogP contribution in [0.4, 0.5) is 0 Å². The number of amides is 2. The number of carbonyl (C=O) groups excluding carboxylic acids is 2. The molecule has 5 nitrogen and oxygen atoms in total. The van der Waals surface area contributed by atoms with Crippen molar-refractivity contribution in [3.8, 4) is 0 Å². The smallest absolute Gasteiger partial charge is 0.231 e. The fourth-order valence-electron chi connectivity index (χ4n) is 2.53. The maximum Gasteiger partial charge on any atom is 0.231 e. The molecular formula is C16H23N3O2S. The number of carbonyl (C=O) groups is 2. The fourth-order valence-corrected chi connectivity index (χ4v) is 3.39. The van der Waals surface area contributed by atoms with Gasteiger partial charge in [0.1, 0.15) is 0 Å². The summed E-state index contributed by atoms with van der Waals surface area (Å²) in [6, 6.07) is 10.1. The summed E-state index contributed by atoms with van der Waals surface area (Å²) >= 11 is 1.71. The van der Waals surface area contributed by atoms with E-state index in [0.717, 1.165) is 31.8 Å². The predicted molar refractivity (Wildman–Crippen MR) is 88.6 cm³/mol. The number of hydrogen-bond acceptors (Lipinski definition) is 4. The van der Waals surface area contributed by atoms with Crippen LogP contribution in [0.2, 0.25) is 0 Å². The Labute approximate surface area is 135 Å². The van der Waals surface area contributed by atoms with E-state index in [4.69, 9.17) is 5.73 Å². The van der Waals surface area contributed by atoms with Crippen LogP contribution in [0, 0.1) is 0 Å². The van der Waals surface area contributed by atoms with E-state index in [2.05, 4.69) is 12.1 Å². The Bertz CT molecular complexity index is 495. The number of rotatable bonds is 6. The Morgan fingerprint density at radius 1 is 1.09 bits per heavy atom. The Balaban J connectivity index is 1.72. The zero-order valence-electron chi connectivity index (χ0n) is 12.7. The van der Waals surface area contributed by atoms with Crippen molar-refractivity contribution in [1.29, 1.82) is 0 Å².